The van der Waals surface area contributed by atoms with Crippen molar-refractivity contribution < 1.29 is 28.6 Å². The van der Waals surface area contributed by atoms with Crippen LogP contribution in [0, 0.1) is 5.92 Å². The van der Waals surface area contributed by atoms with E-state index in [4.69, 9.17) is 14.2 Å². The lowest BCUT2D eigenvalue weighted by atomic mass is 9.93. The van der Waals surface area contributed by atoms with Crippen molar-refractivity contribution in [2.75, 3.05) is 13.2 Å². The topological polar surface area (TPSA) is 94.5 Å². The Balaban J connectivity index is 2.12. The van der Waals surface area contributed by atoms with Crippen LogP contribution < -0.4 is 9.47 Å². The number of carbonyl (C=O) groups is 3. The summed E-state index contributed by atoms with van der Waals surface area (Å²) < 4.78 is 16.5. The van der Waals surface area contributed by atoms with E-state index in [1.807, 2.05) is 27.7 Å². The van der Waals surface area contributed by atoms with Gasteiger partial charge in [0, 0.05) is 6.92 Å². The molecule has 2 heterocycles. The van der Waals surface area contributed by atoms with E-state index in [1.165, 1.54) is 18.7 Å². The fraction of sp³-hybridized carbons (Fsp3) is 0.500. The molecule has 0 bridgehead atoms. The second kappa shape index (κ2) is 10.4. The highest BCUT2D eigenvalue weighted by Gasteiger charge is 2.47. The van der Waals surface area contributed by atoms with Gasteiger partial charge < -0.3 is 14.2 Å². The molecule has 0 aliphatic carbocycles. The van der Waals surface area contributed by atoms with Crippen LogP contribution in [0.2, 0.25) is 0 Å². The number of amidine groups is 1. The molecule has 1 saturated heterocycles. The predicted octanol–water partition coefficient (Wildman–Crippen LogP) is 4.25. The third-order valence-corrected chi connectivity index (χ3v) is 6.45. The predicted molar refractivity (Wildman–Crippen MR) is 126 cm³/mol. The molecule has 0 N–H and O–H groups in total. The van der Waals surface area contributed by atoms with Crippen LogP contribution in [0.1, 0.15) is 59.6 Å². The average molecular weight is 475 g/mol. The van der Waals surface area contributed by atoms with Crippen molar-refractivity contribution in [3.05, 3.63) is 35.0 Å². The third-order valence-electron chi connectivity index (χ3n) is 5.13. The summed E-state index contributed by atoms with van der Waals surface area (Å²) in [7, 11) is 0. The van der Waals surface area contributed by atoms with Gasteiger partial charge in [0.1, 0.15) is 0 Å². The highest BCUT2D eigenvalue weighted by atomic mass is 32.2. The Bertz CT molecular complexity index is 1020. The maximum atomic E-state index is 13.3. The fourth-order valence-corrected chi connectivity index (χ4v) is 4.82. The molecular formula is C24H30N2O6S. The maximum Gasteiger partial charge on any atom is 0.338 e. The van der Waals surface area contributed by atoms with Gasteiger partial charge in [-0.15, -0.1) is 0 Å². The normalized spacial score (nSPS) is 20.0. The molecule has 1 aromatic carbocycles. The zero-order valence-corrected chi connectivity index (χ0v) is 20.7. The van der Waals surface area contributed by atoms with E-state index in [2.05, 4.69) is 4.99 Å². The number of fused-ring (bicyclic) bond motifs is 1. The standard InChI is InChI=1S/C24H30N2O6S/c1-7-19-22(28)26-21(16-9-10-17(32-15(6)27)18(11-16)30-8-2)20(14(5)25-24(26)33-19)23(29)31-12-13(3)4/h9-11,13,19,21H,7-8,12H2,1-6H3/t19-,21-/m0/s1. The van der Waals surface area contributed by atoms with Gasteiger partial charge in [0.05, 0.1) is 35.8 Å². The van der Waals surface area contributed by atoms with E-state index in [-0.39, 0.29) is 29.4 Å². The summed E-state index contributed by atoms with van der Waals surface area (Å²) >= 11 is 1.40. The Morgan fingerprint density at radius 1 is 1.21 bits per heavy atom. The monoisotopic (exact) mass is 474 g/mol. The first-order chi connectivity index (χ1) is 15.7. The highest BCUT2D eigenvalue weighted by molar-refractivity contribution is 8.15. The van der Waals surface area contributed by atoms with Gasteiger partial charge >= 0.3 is 11.9 Å². The van der Waals surface area contributed by atoms with Crippen molar-refractivity contribution in [2.24, 2.45) is 10.9 Å². The van der Waals surface area contributed by atoms with Crippen molar-refractivity contribution in [3.8, 4) is 11.5 Å². The van der Waals surface area contributed by atoms with Gasteiger partial charge in [-0.1, -0.05) is 38.6 Å². The number of carbonyl (C=O) groups excluding carboxylic acids is 3. The number of esters is 2. The Morgan fingerprint density at radius 2 is 1.94 bits per heavy atom. The molecule has 2 atom stereocenters. The molecule has 8 nitrogen and oxygen atoms in total. The summed E-state index contributed by atoms with van der Waals surface area (Å²) in [5.74, 6) is -0.286. The molecule has 2 aliphatic rings. The van der Waals surface area contributed by atoms with E-state index in [1.54, 1.807) is 30.0 Å². The van der Waals surface area contributed by atoms with E-state index in [9.17, 15) is 14.4 Å². The smallest absolute Gasteiger partial charge is 0.338 e. The molecule has 0 unspecified atom stereocenters. The summed E-state index contributed by atoms with van der Waals surface area (Å²) in [6.07, 6.45) is 0.646. The van der Waals surface area contributed by atoms with Gasteiger partial charge in [-0.3, -0.25) is 14.5 Å². The van der Waals surface area contributed by atoms with Crippen molar-refractivity contribution in [1.82, 2.24) is 4.90 Å². The molecule has 2 aliphatic heterocycles. The van der Waals surface area contributed by atoms with Gasteiger partial charge in [0.25, 0.3) is 0 Å². The van der Waals surface area contributed by atoms with Crippen molar-refractivity contribution in [1.29, 1.82) is 0 Å². The Labute approximate surface area is 198 Å². The number of thioether (sulfide) groups is 1. The van der Waals surface area contributed by atoms with Crippen LogP contribution in [-0.4, -0.2) is 46.4 Å². The first kappa shape index (κ1) is 24.8. The second-order valence-electron chi connectivity index (χ2n) is 8.24. The van der Waals surface area contributed by atoms with Crippen LogP contribution in [0.5, 0.6) is 11.5 Å². The van der Waals surface area contributed by atoms with Crippen LogP contribution in [-0.2, 0) is 19.1 Å². The van der Waals surface area contributed by atoms with Crippen LogP contribution in [0.3, 0.4) is 0 Å². The van der Waals surface area contributed by atoms with E-state index < -0.39 is 18.0 Å². The SMILES string of the molecule is CCOc1cc([C@H]2C(C(=O)OCC(C)C)=C(C)N=C3S[C@@H](CC)C(=O)N32)ccc1OC(C)=O. The number of aliphatic imine (C=N–C) groups is 1. The number of benzene rings is 1. The summed E-state index contributed by atoms with van der Waals surface area (Å²) in [6.45, 7) is 11.4. The second-order valence-corrected chi connectivity index (χ2v) is 9.41. The average Bonchev–Trinajstić information content (AvgIpc) is 3.07. The lowest BCUT2D eigenvalue weighted by Crippen LogP contribution is -2.41. The number of amides is 1. The number of rotatable bonds is 8. The van der Waals surface area contributed by atoms with Crippen molar-refractivity contribution in [2.45, 2.75) is 59.3 Å². The number of allylic oxidation sites excluding steroid dienone is 1. The lowest BCUT2D eigenvalue weighted by Gasteiger charge is -2.33. The summed E-state index contributed by atoms with van der Waals surface area (Å²) in [6, 6.07) is 4.33. The summed E-state index contributed by atoms with van der Waals surface area (Å²) in [5, 5.41) is 0.300. The van der Waals surface area contributed by atoms with Gasteiger partial charge in [0.15, 0.2) is 16.7 Å². The zero-order valence-electron chi connectivity index (χ0n) is 19.8. The Hall–Kier alpha value is -2.81. The Morgan fingerprint density at radius 3 is 2.55 bits per heavy atom. The number of ether oxygens (including phenoxy) is 3. The van der Waals surface area contributed by atoms with Crippen LogP contribution >= 0.6 is 11.8 Å². The molecule has 1 fully saturated rings. The number of nitrogens with zero attached hydrogens (tertiary/aromatic N) is 2. The first-order valence-corrected chi connectivity index (χ1v) is 12.0. The minimum absolute atomic E-state index is 0.102. The fourth-order valence-electron chi connectivity index (χ4n) is 3.69. The molecular weight excluding hydrogens is 444 g/mol. The van der Waals surface area contributed by atoms with Crippen LogP contribution in [0.25, 0.3) is 0 Å². The van der Waals surface area contributed by atoms with Crippen molar-refractivity contribution >= 4 is 34.8 Å². The molecule has 33 heavy (non-hydrogen) atoms. The molecule has 178 valence electrons. The zero-order chi connectivity index (χ0) is 24.3. The molecule has 0 spiro atoms. The summed E-state index contributed by atoms with van der Waals surface area (Å²) in [4.78, 5) is 44.1. The minimum atomic E-state index is -0.723. The van der Waals surface area contributed by atoms with Gasteiger partial charge in [-0.25, -0.2) is 9.79 Å². The molecule has 3 rings (SSSR count). The number of hydrogen-bond donors (Lipinski definition) is 0. The largest absolute Gasteiger partial charge is 0.490 e. The molecule has 0 radical (unpaired) electrons. The molecule has 0 aromatic heterocycles. The van der Waals surface area contributed by atoms with E-state index in [0.29, 0.717) is 40.8 Å². The quantitative estimate of drug-likeness (QED) is 0.411. The molecule has 0 saturated carbocycles. The maximum absolute atomic E-state index is 13.3. The van der Waals surface area contributed by atoms with Gasteiger partial charge in [0.2, 0.25) is 5.91 Å². The summed E-state index contributed by atoms with van der Waals surface area (Å²) in [5.41, 5.74) is 1.47. The van der Waals surface area contributed by atoms with E-state index >= 15 is 0 Å². The molecule has 1 amide bonds. The van der Waals surface area contributed by atoms with Crippen LogP contribution in [0.15, 0.2) is 34.5 Å². The van der Waals surface area contributed by atoms with Gasteiger partial charge in [-0.2, -0.15) is 0 Å². The number of hydrogen-bond acceptors (Lipinski definition) is 8. The molecule has 1 aromatic rings. The molecule has 9 heteroatoms. The Kier molecular flexibility index (Phi) is 7.84. The van der Waals surface area contributed by atoms with Crippen LogP contribution in [0.4, 0.5) is 0 Å². The minimum Gasteiger partial charge on any atom is -0.490 e. The highest BCUT2D eigenvalue weighted by Crippen LogP contribution is 2.45. The van der Waals surface area contributed by atoms with Gasteiger partial charge in [-0.05, 0) is 43.9 Å². The van der Waals surface area contributed by atoms with Crippen molar-refractivity contribution in [3.63, 3.8) is 0 Å². The first-order valence-electron chi connectivity index (χ1n) is 11.1. The third kappa shape index (κ3) is 5.24. The van der Waals surface area contributed by atoms with E-state index in [0.717, 1.165) is 0 Å². The lowest BCUT2D eigenvalue weighted by molar-refractivity contribution is -0.141.